The number of amides is 1. The number of carbonyl (C=O) groups excluding carboxylic acids is 1. The molecule has 1 N–H and O–H groups in total. The molecule has 0 radical (unpaired) electrons. The zero-order valence-corrected chi connectivity index (χ0v) is 12.6. The van der Waals surface area contributed by atoms with Crippen LogP contribution in [-0.2, 0) is 11.3 Å². The monoisotopic (exact) mass is 295 g/mol. The third-order valence-corrected chi connectivity index (χ3v) is 5.35. The molecular weight excluding hydrogens is 274 g/mol. The molecule has 1 aromatic heterocycles. The molecule has 1 amide bonds. The summed E-state index contributed by atoms with van der Waals surface area (Å²) in [4.78, 5) is 26.3. The van der Waals surface area contributed by atoms with Gasteiger partial charge in [0.2, 0.25) is 5.91 Å². The molecule has 20 heavy (non-hydrogen) atoms. The highest BCUT2D eigenvalue weighted by molar-refractivity contribution is 7.07. The number of nitrogens with one attached hydrogen (secondary N) is 1. The Morgan fingerprint density at radius 2 is 2.20 bits per heavy atom. The molecule has 2 bridgehead atoms. The first-order valence-electron chi connectivity index (χ1n) is 7.33. The molecule has 110 valence electrons. The summed E-state index contributed by atoms with van der Waals surface area (Å²) in [5.74, 6) is 0.207. The van der Waals surface area contributed by atoms with Gasteiger partial charge in [0, 0.05) is 42.7 Å². The zero-order valence-electron chi connectivity index (χ0n) is 11.8. The summed E-state index contributed by atoms with van der Waals surface area (Å²) in [5, 5.41) is 5.26. The van der Waals surface area contributed by atoms with Crippen molar-refractivity contribution in [1.29, 1.82) is 0 Å². The topological polar surface area (TPSA) is 54.3 Å². The summed E-state index contributed by atoms with van der Waals surface area (Å²) in [5.41, 5.74) is 0.952. The lowest BCUT2D eigenvalue weighted by molar-refractivity contribution is -0.134. The van der Waals surface area contributed by atoms with Gasteiger partial charge in [0.1, 0.15) is 0 Å². The number of aryl methyl sites for hydroxylation is 1. The van der Waals surface area contributed by atoms with Crippen LogP contribution in [0.3, 0.4) is 0 Å². The van der Waals surface area contributed by atoms with Crippen molar-refractivity contribution in [2.75, 3.05) is 13.1 Å². The van der Waals surface area contributed by atoms with Gasteiger partial charge in [-0.1, -0.05) is 11.3 Å². The normalized spacial score (nSPS) is 25.8. The first-order chi connectivity index (χ1) is 9.66. The molecule has 0 aliphatic carbocycles. The maximum Gasteiger partial charge on any atom is 0.307 e. The Morgan fingerprint density at radius 1 is 1.40 bits per heavy atom. The van der Waals surface area contributed by atoms with Crippen molar-refractivity contribution in [1.82, 2.24) is 14.8 Å². The Morgan fingerprint density at radius 3 is 2.95 bits per heavy atom. The first-order valence-corrected chi connectivity index (χ1v) is 8.21. The second kappa shape index (κ2) is 5.69. The Bertz CT molecular complexity index is 537. The van der Waals surface area contributed by atoms with Crippen molar-refractivity contribution >= 4 is 17.2 Å². The highest BCUT2D eigenvalue weighted by Crippen LogP contribution is 2.28. The van der Waals surface area contributed by atoms with E-state index in [0.717, 1.165) is 38.0 Å². The van der Waals surface area contributed by atoms with Crippen LogP contribution in [0.15, 0.2) is 10.2 Å². The fourth-order valence-corrected chi connectivity index (χ4v) is 4.16. The van der Waals surface area contributed by atoms with Crippen LogP contribution < -0.4 is 10.2 Å². The molecule has 2 saturated heterocycles. The van der Waals surface area contributed by atoms with Crippen LogP contribution in [0.1, 0.15) is 31.4 Å². The molecule has 3 heterocycles. The minimum absolute atomic E-state index is 0.0378. The molecule has 2 unspecified atom stereocenters. The fourth-order valence-electron chi connectivity index (χ4n) is 3.40. The second-order valence-electron chi connectivity index (χ2n) is 5.72. The number of hydrogen-bond acceptors (Lipinski definition) is 4. The summed E-state index contributed by atoms with van der Waals surface area (Å²) >= 11 is 1.21. The maximum absolute atomic E-state index is 12.5. The van der Waals surface area contributed by atoms with E-state index in [4.69, 9.17) is 0 Å². The van der Waals surface area contributed by atoms with Crippen molar-refractivity contribution in [3.8, 4) is 0 Å². The second-order valence-corrected chi connectivity index (χ2v) is 6.54. The number of rotatable bonds is 3. The standard InChI is InChI=1S/C14H21N3O2S/c1-10-9-20-14(19)16(10)7-5-13(18)17-11-2-3-12(17)8-15-6-4-11/h9,11-12,15H,2-8H2,1H3. The minimum atomic E-state index is 0.0378. The fraction of sp³-hybridized carbons (Fsp3) is 0.714. The van der Waals surface area contributed by atoms with Crippen LogP contribution in [0.4, 0.5) is 0 Å². The molecule has 0 aromatic carbocycles. The lowest BCUT2D eigenvalue weighted by Gasteiger charge is -2.28. The highest BCUT2D eigenvalue weighted by Gasteiger charge is 2.37. The van der Waals surface area contributed by atoms with Crippen LogP contribution in [0.25, 0.3) is 0 Å². The zero-order chi connectivity index (χ0) is 14.1. The van der Waals surface area contributed by atoms with Crippen LogP contribution in [0, 0.1) is 6.92 Å². The average Bonchev–Trinajstić information content (AvgIpc) is 2.86. The van der Waals surface area contributed by atoms with Crippen LogP contribution in [0.5, 0.6) is 0 Å². The van der Waals surface area contributed by atoms with Gasteiger partial charge in [0.05, 0.1) is 0 Å². The third-order valence-electron chi connectivity index (χ3n) is 4.47. The van der Waals surface area contributed by atoms with Gasteiger partial charge in [-0.25, -0.2) is 0 Å². The molecule has 6 heteroatoms. The smallest absolute Gasteiger partial charge is 0.307 e. The van der Waals surface area contributed by atoms with Gasteiger partial charge >= 0.3 is 4.87 Å². The van der Waals surface area contributed by atoms with E-state index < -0.39 is 0 Å². The predicted octanol–water partition coefficient (Wildman–Crippen LogP) is 0.961. The number of fused-ring (bicyclic) bond motifs is 2. The summed E-state index contributed by atoms with van der Waals surface area (Å²) in [6, 6.07) is 0.762. The quantitative estimate of drug-likeness (QED) is 0.904. The largest absolute Gasteiger partial charge is 0.335 e. The van der Waals surface area contributed by atoms with Crippen LogP contribution in [0.2, 0.25) is 0 Å². The van der Waals surface area contributed by atoms with Gasteiger partial charge < -0.3 is 14.8 Å². The highest BCUT2D eigenvalue weighted by atomic mass is 32.1. The number of thiazole rings is 1. The van der Waals surface area contributed by atoms with E-state index in [1.807, 2.05) is 12.3 Å². The Kier molecular flexibility index (Phi) is 3.94. The first kappa shape index (κ1) is 13.8. The van der Waals surface area contributed by atoms with Gasteiger partial charge in [0.15, 0.2) is 0 Å². The van der Waals surface area contributed by atoms with Gasteiger partial charge in [-0.3, -0.25) is 9.59 Å². The average molecular weight is 295 g/mol. The number of aromatic nitrogens is 1. The molecular formula is C14H21N3O2S. The van der Waals surface area contributed by atoms with Crippen molar-refractivity contribution in [3.05, 3.63) is 20.7 Å². The Labute approximate surface area is 122 Å². The molecule has 3 rings (SSSR count). The van der Waals surface area contributed by atoms with E-state index in [9.17, 15) is 9.59 Å². The summed E-state index contributed by atoms with van der Waals surface area (Å²) < 4.78 is 1.71. The van der Waals surface area contributed by atoms with Gasteiger partial charge in [-0.2, -0.15) is 0 Å². The van der Waals surface area contributed by atoms with E-state index in [0.29, 0.717) is 25.0 Å². The van der Waals surface area contributed by atoms with E-state index in [1.165, 1.54) is 11.3 Å². The van der Waals surface area contributed by atoms with Crippen molar-refractivity contribution in [3.63, 3.8) is 0 Å². The molecule has 2 fully saturated rings. The van der Waals surface area contributed by atoms with E-state index in [-0.39, 0.29) is 10.8 Å². The minimum Gasteiger partial charge on any atom is -0.335 e. The van der Waals surface area contributed by atoms with Gasteiger partial charge in [0.25, 0.3) is 0 Å². The third kappa shape index (κ3) is 2.54. The molecule has 2 aliphatic rings. The lowest BCUT2D eigenvalue weighted by atomic mass is 10.1. The Balaban J connectivity index is 1.66. The summed E-state index contributed by atoms with van der Waals surface area (Å²) in [7, 11) is 0. The van der Waals surface area contributed by atoms with Gasteiger partial charge in [-0.05, 0) is 32.7 Å². The van der Waals surface area contributed by atoms with Crippen LogP contribution in [-0.4, -0.2) is 40.5 Å². The maximum atomic E-state index is 12.5. The molecule has 0 spiro atoms. The summed E-state index contributed by atoms with van der Waals surface area (Å²) in [6.07, 6.45) is 3.74. The number of hydrogen-bond donors (Lipinski definition) is 1. The Hall–Kier alpha value is -1.14. The van der Waals surface area contributed by atoms with Crippen LogP contribution >= 0.6 is 11.3 Å². The van der Waals surface area contributed by atoms with Gasteiger partial charge in [-0.15, -0.1) is 0 Å². The van der Waals surface area contributed by atoms with Crippen molar-refractivity contribution in [2.45, 2.75) is 51.2 Å². The molecule has 2 aliphatic heterocycles. The molecule has 5 nitrogen and oxygen atoms in total. The van der Waals surface area contributed by atoms with E-state index >= 15 is 0 Å². The molecule has 0 saturated carbocycles. The predicted molar refractivity (Wildman–Crippen MR) is 79.1 cm³/mol. The van der Waals surface area contributed by atoms with Crippen molar-refractivity contribution < 1.29 is 4.79 Å². The van der Waals surface area contributed by atoms with E-state index in [2.05, 4.69) is 10.2 Å². The SMILES string of the molecule is Cc1csc(=O)n1CCC(=O)N1C2CCNCC1CC2. The lowest BCUT2D eigenvalue weighted by Crippen LogP contribution is -2.43. The molecule has 2 atom stereocenters. The van der Waals surface area contributed by atoms with Crippen molar-refractivity contribution in [2.24, 2.45) is 0 Å². The van der Waals surface area contributed by atoms with E-state index in [1.54, 1.807) is 4.57 Å². The number of carbonyl (C=O) groups is 1. The molecule has 1 aromatic rings. The number of nitrogens with zero attached hydrogens (tertiary/aromatic N) is 2. The summed E-state index contributed by atoms with van der Waals surface area (Å²) in [6.45, 7) is 4.35.